The summed E-state index contributed by atoms with van der Waals surface area (Å²) in [6, 6.07) is 18.0. The van der Waals surface area contributed by atoms with E-state index in [1.807, 2.05) is 18.2 Å². The van der Waals surface area contributed by atoms with E-state index in [0.717, 1.165) is 35.7 Å². The Kier molecular flexibility index (Phi) is 5.77. The lowest BCUT2D eigenvalue weighted by Crippen LogP contribution is -1.91. The third-order valence-corrected chi connectivity index (χ3v) is 5.06. The molecule has 4 heteroatoms. The highest BCUT2D eigenvalue weighted by atomic mass is 19.2. The number of halogens is 4. The lowest BCUT2D eigenvalue weighted by molar-refractivity contribution is 0.446. The number of aryl methyl sites for hydroxylation is 1. The maximum atomic E-state index is 14.8. The third kappa shape index (κ3) is 4.46. The summed E-state index contributed by atoms with van der Waals surface area (Å²) in [6.45, 7) is 2.11. The molecule has 0 bridgehead atoms. The van der Waals surface area contributed by atoms with Crippen molar-refractivity contribution in [3.8, 4) is 23.0 Å². The zero-order valence-corrected chi connectivity index (χ0v) is 16.8. The van der Waals surface area contributed by atoms with Gasteiger partial charge in [0.05, 0.1) is 0 Å². The average Bonchev–Trinajstić information content (AvgIpc) is 2.76. The fraction of sp³-hybridized carbons (Fsp3) is 0.111. The van der Waals surface area contributed by atoms with Crippen molar-refractivity contribution < 1.29 is 17.6 Å². The molecule has 0 saturated carbocycles. The first kappa shape index (κ1) is 20.7. The summed E-state index contributed by atoms with van der Waals surface area (Å²) in [5.74, 6) is 0.990. The average molecular weight is 418 g/mol. The quantitative estimate of drug-likeness (QED) is 0.185. The number of hydrogen-bond acceptors (Lipinski definition) is 0. The molecule has 0 saturated heterocycles. The molecule has 4 aromatic carbocycles. The highest BCUT2D eigenvalue weighted by molar-refractivity contribution is 5.88. The highest BCUT2D eigenvalue weighted by Crippen LogP contribution is 2.29. The topological polar surface area (TPSA) is 0 Å². The zero-order chi connectivity index (χ0) is 22.0. The Hall–Kier alpha value is -3.58. The summed E-state index contributed by atoms with van der Waals surface area (Å²) in [5.41, 5.74) is 2.98. The smallest absolute Gasteiger partial charge is 0.194 e. The van der Waals surface area contributed by atoms with E-state index in [4.69, 9.17) is 0 Å². The fourth-order valence-corrected chi connectivity index (χ4v) is 3.49. The van der Waals surface area contributed by atoms with Crippen molar-refractivity contribution in [3.63, 3.8) is 0 Å². The van der Waals surface area contributed by atoms with Gasteiger partial charge < -0.3 is 0 Å². The SMILES string of the molecule is CCCc1ccc2cc(-c3ccc(C#Cc4cc(F)c(F)c(F)c4)cc3)c(F)cc2c1. The van der Waals surface area contributed by atoms with Gasteiger partial charge in [0.15, 0.2) is 17.5 Å². The molecule has 0 nitrogen and oxygen atoms in total. The normalized spacial score (nSPS) is 10.7. The third-order valence-electron chi connectivity index (χ3n) is 5.06. The molecule has 0 aliphatic carbocycles. The molecule has 4 rings (SSSR count). The van der Waals surface area contributed by atoms with Crippen molar-refractivity contribution in [2.24, 2.45) is 0 Å². The second-order valence-corrected chi connectivity index (χ2v) is 7.34. The molecule has 0 atom stereocenters. The molecule has 0 radical (unpaired) electrons. The molecule has 0 spiro atoms. The van der Waals surface area contributed by atoms with Crippen LogP contribution < -0.4 is 0 Å². The lowest BCUT2D eigenvalue weighted by Gasteiger charge is -2.08. The van der Waals surface area contributed by atoms with Crippen LogP contribution in [-0.2, 0) is 6.42 Å². The molecule has 0 aliphatic heterocycles. The summed E-state index contributed by atoms with van der Waals surface area (Å²) in [4.78, 5) is 0. The van der Waals surface area contributed by atoms with Gasteiger partial charge in [0, 0.05) is 16.7 Å². The molecule has 0 amide bonds. The van der Waals surface area contributed by atoms with Crippen molar-refractivity contribution in [1.29, 1.82) is 0 Å². The maximum Gasteiger partial charge on any atom is 0.194 e. The Morgan fingerprint density at radius 2 is 1.32 bits per heavy atom. The molecule has 0 fully saturated rings. The number of hydrogen-bond donors (Lipinski definition) is 0. The summed E-state index contributed by atoms with van der Waals surface area (Å²) < 4.78 is 54.4. The van der Waals surface area contributed by atoms with Gasteiger partial charge in [-0.3, -0.25) is 0 Å². The predicted octanol–water partition coefficient (Wildman–Crippen LogP) is 7.42. The molecule has 154 valence electrons. The van der Waals surface area contributed by atoms with Gasteiger partial charge in [0.1, 0.15) is 5.82 Å². The van der Waals surface area contributed by atoms with Gasteiger partial charge in [-0.15, -0.1) is 0 Å². The van der Waals surface area contributed by atoms with E-state index in [1.165, 1.54) is 5.56 Å². The van der Waals surface area contributed by atoms with Crippen LogP contribution in [0.4, 0.5) is 17.6 Å². The largest absolute Gasteiger partial charge is 0.206 e. The Labute approximate surface area is 178 Å². The van der Waals surface area contributed by atoms with Crippen LogP contribution in [0.2, 0.25) is 0 Å². The second-order valence-electron chi connectivity index (χ2n) is 7.34. The van der Waals surface area contributed by atoms with Crippen LogP contribution in [-0.4, -0.2) is 0 Å². The van der Waals surface area contributed by atoms with Crippen LogP contribution >= 0.6 is 0 Å². The van der Waals surface area contributed by atoms with E-state index < -0.39 is 17.5 Å². The van der Waals surface area contributed by atoms with Crippen molar-refractivity contribution in [2.75, 3.05) is 0 Å². The van der Waals surface area contributed by atoms with Gasteiger partial charge in [0.2, 0.25) is 0 Å². The summed E-state index contributed by atoms with van der Waals surface area (Å²) in [6.07, 6.45) is 1.99. The number of rotatable bonds is 3. The summed E-state index contributed by atoms with van der Waals surface area (Å²) in [5, 5.41) is 1.83. The number of benzene rings is 4. The van der Waals surface area contributed by atoms with Gasteiger partial charge in [-0.1, -0.05) is 55.5 Å². The van der Waals surface area contributed by atoms with Crippen LogP contribution in [0.25, 0.3) is 21.9 Å². The van der Waals surface area contributed by atoms with E-state index in [1.54, 1.807) is 30.3 Å². The molecule has 0 aliphatic rings. The maximum absolute atomic E-state index is 14.8. The Balaban J connectivity index is 1.62. The van der Waals surface area contributed by atoms with Gasteiger partial charge >= 0.3 is 0 Å². The lowest BCUT2D eigenvalue weighted by atomic mass is 9.97. The predicted molar refractivity (Wildman–Crippen MR) is 116 cm³/mol. The van der Waals surface area contributed by atoms with E-state index in [9.17, 15) is 17.6 Å². The van der Waals surface area contributed by atoms with Crippen LogP contribution in [0.3, 0.4) is 0 Å². The molecular formula is C27H18F4. The first-order valence-corrected chi connectivity index (χ1v) is 9.94. The van der Waals surface area contributed by atoms with Crippen LogP contribution in [0, 0.1) is 35.1 Å². The van der Waals surface area contributed by atoms with E-state index in [0.29, 0.717) is 16.7 Å². The van der Waals surface area contributed by atoms with Crippen molar-refractivity contribution >= 4 is 10.8 Å². The van der Waals surface area contributed by atoms with E-state index in [-0.39, 0.29) is 11.4 Å². The van der Waals surface area contributed by atoms with Crippen molar-refractivity contribution in [1.82, 2.24) is 0 Å². The molecule has 0 N–H and O–H groups in total. The minimum atomic E-state index is -1.52. The molecule has 0 unspecified atom stereocenters. The van der Waals surface area contributed by atoms with Gasteiger partial charge in [-0.2, -0.15) is 0 Å². The summed E-state index contributed by atoms with van der Waals surface area (Å²) in [7, 11) is 0. The Morgan fingerprint density at radius 3 is 2.00 bits per heavy atom. The summed E-state index contributed by atoms with van der Waals surface area (Å²) >= 11 is 0. The zero-order valence-electron chi connectivity index (χ0n) is 16.8. The minimum absolute atomic E-state index is 0.0310. The number of fused-ring (bicyclic) bond motifs is 1. The molecule has 31 heavy (non-hydrogen) atoms. The van der Waals surface area contributed by atoms with Crippen molar-refractivity contribution in [3.05, 3.63) is 107 Å². The molecule has 0 aromatic heterocycles. The monoisotopic (exact) mass is 418 g/mol. The van der Waals surface area contributed by atoms with Crippen LogP contribution in [0.1, 0.15) is 30.0 Å². The molecule has 4 aromatic rings. The second kappa shape index (κ2) is 8.65. The Morgan fingerprint density at radius 1 is 0.645 bits per heavy atom. The molecular weight excluding hydrogens is 400 g/mol. The van der Waals surface area contributed by atoms with E-state index >= 15 is 0 Å². The Bertz CT molecular complexity index is 1300. The van der Waals surface area contributed by atoms with Crippen LogP contribution in [0.15, 0.2) is 66.7 Å². The standard InChI is InChI=1S/C27H18F4/c1-2-3-18-8-11-21-15-23(24(28)16-22(21)12-18)20-9-6-17(7-10-20)4-5-19-13-25(29)27(31)26(30)14-19/h6-16H,2-3H2,1H3. The fourth-order valence-electron chi connectivity index (χ4n) is 3.49. The van der Waals surface area contributed by atoms with Gasteiger partial charge in [-0.25, -0.2) is 17.6 Å². The van der Waals surface area contributed by atoms with Gasteiger partial charge in [-0.05, 0) is 64.7 Å². The first-order valence-electron chi connectivity index (χ1n) is 9.94. The molecule has 0 heterocycles. The minimum Gasteiger partial charge on any atom is -0.206 e. The van der Waals surface area contributed by atoms with Crippen molar-refractivity contribution in [2.45, 2.75) is 19.8 Å². The highest BCUT2D eigenvalue weighted by Gasteiger charge is 2.10. The first-order chi connectivity index (χ1) is 14.9. The van der Waals surface area contributed by atoms with Gasteiger partial charge in [0.25, 0.3) is 0 Å². The van der Waals surface area contributed by atoms with E-state index in [2.05, 4.69) is 24.8 Å². The van der Waals surface area contributed by atoms with Crippen LogP contribution in [0.5, 0.6) is 0 Å².